The average Bonchev–Trinajstić information content (AvgIpc) is 2.36. The Kier molecular flexibility index (Phi) is 5.20. The van der Waals surface area contributed by atoms with Crippen molar-refractivity contribution in [3.05, 3.63) is 36.2 Å². The van der Waals surface area contributed by atoms with Crippen LogP contribution in [0.25, 0.3) is 0 Å². The van der Waals surface area contributed by atoms with Crippen molar-refractivity contribution in [2.24, 2.45) is 0 Å². The van der Waals surface area contributed by atoms with Gasteiger partial charge in [-0.1, -0.05) is 13.3 Å². The van der Waals surface area contributed by atoms with Crippen LogP contribution in [0.1, 0.15) is 30.1 Å². The zero-order valence-electron chi connectivity index (χ0n) is 9.93. The zero-order valence-corrected chi connectivity index (χ0v) is 9.93. The minimum absolute atomic E-state index is 0.377. The molecule has 4 heteroatoms. The maximum atomic E-state index is 11.3. The van der Waals surface area contributed by atoms with Crippen molar-refractivity contribution in [1.29, 1.82) is 0 Å². The van der Waals surface area contributed by atoms with Crippen molar-refractivity contribution >= 4 is 11.9 Å². The number of carbonyl (C=O) groups excluding carboxylic acids is 2. The molecule has 1 rings (SSSR count). The second kappa shape index (κ2) is 6.68. The average molecular weight is 235 g/mol. The predicted octanol–water partition coefficient (Wildman–Crippen LogP) is 2.38. The van der Waals surface area contributed by atoms with Gasteiger partial charge < -0.3 is 9.47 Å². The summed E-state index contributed by atoms with van der Waals surface area (Å²) in [6.45, 7) is 1.98. The van der Waals surface area contributed by atoms with E-state index < -0.39 is 5.97 Å². The fraction of sp³-hybridized carbons (Fsp3) is 0.308. The van der Waals surface area contributed by atoms with Gasteiger partial charge in [-0.05, 0) is 30.7 Å². The molecule has 1 aromatic carbocycles. The second-order valence-corrected chi connectivity index (χ2v) is 3.43. The van der Waals surface area contributed by atoms with Gasteiger partial charge >= 0.3 is 11.9 Å². The molecule has 0 unspecified atom stereocenters. The quantitative estimate of drug-likeness (QED) is 0.580. The molecule has 0 aliphatic heterocycles. The van der Waals surface area contributed by atoms with Crippen molar-refractivity contribution in [2.75, 3.05) is 7.11 Å². The standard InChI is InChI=1S/C13H15O4/c1-3-4-5-12(14)17-11-8-6-10(7-9-11)13(15)16-2/h5-9H,3-4H2,1-2H3. The van der Waals surface area contributed by atoms with Crippen LogP contribution >= 0.6 is 0 Å². The molecule has 17 heavy (non-hydrogen) atoms. The molecule has 91 valence electrons. The SMILES string of the molecule is CCC[CH]C(=O)Oc1ccc(C(=O)OC)cc1. The molecule has 0 saturated heterocycles. The first-order chi connectivity index (χ1) is 8.17. The molecular formula is C13H15O4. The molecule has 0 aliphatic carbocycles. The summed E-state index contributed by atoms with van der Waals surface area (Å²) in [6.07, 6.45) is 3.09. The van der Waals surface area contributed by atoms with E-state index in [1.54, 1.807) is 24.3 Å². The summed E-state index contributed by atoms with van der Waals surface area (Å²) >= 11 is 0. The first kappa shape index (κ1) is 13.2. The summed E-state index contributed by atoms with van der Waals surface area (Å²) < 4.78 is 9.60. The third kappa shape index (κ3) is 4.26. The van der Waals surface area contributed by atoms with Crippen LogP contribution in [0.15, 0.2) is 24.3 Å². The molecule has 0 atom stereocenters. The highest BCUT2D eigenvalue weighted by Gasteiger charge is 2.07. The van der Waals surface area contributed by atoms with Crippen LogP contribution in [0.4, 0.5) is 0 Å². The molecular weight excluding hydrogens is 220 g/mol. The van der Waals surface area contributed by atoms with Crippen LogP contribution in [0, 0.1) is 6.42 Å². The van der Waals surface area contributed by atoms with Gasteiger partial charge in [-0.25, -0.2) is 4.79 Å². The smallest absolute Gasteiger partial charge is 0.337 e. The first-order valence-corrected chi connectivity index (χ1v) is 5.40. The highest BCUT2D eigenvalue weighted by Crippen LogP contribution is 2.13. The lowest BCUT2D eigenvalue weighted by molar-refractivity contribution is -0.130. The summed E-state index contributed by atoms with van der Waals surface area (Å²) in [5.41, 5.74) is 0.421. The molecule has 0 aromatic heterocycles. The number of methoxy groups -OCH3 is 1. The van der Waals surface area contributed by atoms with E-state index in [4.69, 9.17) is 4.74 Å². The summed E-state index contributed by atoms with van der Waals surface area (Å²) in [5, 5.41) is 0. The van der Waals surface area contributed by atoms with Crippen LogP contribution in [0.5, 0.6) is 5.75 Å². The third-order valence-electron chi connectivity index (χ3n) is 2.09. The minimum atomic E-state index is -0.416. The largest absolute Gasteiger partial charge is 0.465 e. The van der Waals surface area contributed by atoms with Gasteiger partial charge in [-0.3, -0.25) is 4.79 Å². The van der Waals surface area contributed by atoms with Gasteiger partial charge in [0.05, 0.1) is 19.1 Å². The molecule has 0 aliphatic rings. The van der Waals surface area contributed by atoms with Crippen LogP contribution in [0.2, 0.25) is 0 Å². The molecule has 1 radical (unpaired) electrons. The minimum Gasteiger partial charge on any atom is -0.465 e. The summed E-state index contributed by atoms with van der Waals surface area (Å²) in [4.78, 5) is 22.4. The van der Waals surface area contributed by atoms with E-state index in [0.717, 1.165) is 6.42 Å². The highest BCUT2D eigenvalue weighted by molar-refractivity contribution is 5.89. The van der Waals surface area contributed by atoms with Crippen LogP contribution in [0.3, 0.4) is 0 Å². The Balaban J connectivity index is 2.56. The lowest BCUT2D eigenvalue weighted by atomic mass is 10.2. The number of hydrogen-bond acceptors (Lipinski definition) is 4. The molecule has 0 fully saturated rings. The number of unbranched alkanes of at least 4 members (excludes halogenated alkanes) is 1. The fourth-order valence-electron chi connectivity index (χ4n) is 1.20. The Labute approximate surface area is 101 Å². The lowest BCUT2D eigenvalue weighted by Crippen LogP contribution is -2.08. The Hall–Kier alpha value is -1.84. The Morgan fingerprint density at radius 3 is 2.41 bits per heavy atom. The number of carbonyl (C=O) groups is 2. The lowest BCUT2D eigenvalue weighted by Gasteiger charge is -2.04. The highest BCUT2D eigenvalue weighted by atomic mass is 16.5. The second-order valence-electron chi connectivity index (χ2n) is 3.43. The van der Waals surface area contributed by atoms with E-state index in [1.165, 1.54) is 13.5 Å². The van der Waals surface area contributed by atoms with Gasteiger partial charge in [0, 0.05) is 0 Å². The first-order valence-electron chi connectivity index (χ1n) is 5.40. The van der Waals surface area contributed by atoms with E-state index in [1.807, 2.05) is 6.92 Å². The molecule has 4 nitrogen and oxygen atoms in total. The third-order valence-corrected chi connectivity index (χ3v) is 2.09. The van der Waals surface area contributed by atoms with Gasteiger partial charge in [-0.2, -0.15) is 0 Å². The Morgan fingerprint density at radius 1 is 1.24 bits per heavy atom. The van der Waals surface area contributed by atoms with E-state index in [0.29, 0.717) is 17.7 Å². The monoisotopic (exact) mass is 235 g/mol. The molecule has 0 spiro atoms. The Morgan fingerprint density at radius 2 is 1.88 bits per heavy atom. The molecule has 1 aromatic rings. The number of rotatable bonds is 5. The Bertz CT molecular complexity index is 381. The summed E-state index contributed by atoms with van der Waals surface area (Å²) in [7, 11) is 1.32. The number of benzene rings is 1. The van der Waals surface area contributed by atoms with Crippen LogP contribution in [-0.2, 0) is 9.53 Å². The molecule has 0 saturated carbocycles. The topological polar surface area (TPSA) is 52.6 Å². The van der Waals surface area contributed by atoms with Gasteiger partial charge in [0.1, 0.15) is 5.75 Å². The number of ether oxygens (including phenoxy) is 2. The van der Waals surface area contributed by atoms with E-state index >= 15 is 0 Å². The van der Waals surface area contributed by atoms with Gasteiger partial charge in [0.2, 0.25) is 0 Å². The van der Waals surface area contributed by atoms with Crippen molar-refractivity contribution < 1.29 is 19.1 Å². The van der Waals surface area contributed by atoms with Gasteiger partial charge in [0.25, 0.3) is 0 Å². The molecule has 0 N–H and O–H groups in total. The van der Waals surface area contributed by atoms with E-state index in [9.17, 15) is 9.59 Å². The summed E-state index contributed by atoms with van der Waals surface area (Å²) in [6, 6.07) is 6.22. The number of esters is 2. The zero-order chi connectivity index (χ0) is 12.7. The van der Waals surface area contributed by atoms with Crippen molar-refractivity contribution in [2.45, 2.75) is 19.8 Å². The van der Waals surface area contributed by atoms with E-state index in [-0.39, 0.29) is 5.97 Å². The number of hydrogen-bond donors (Lipinski definition) is 0. The maximum absolute atomic E-state index is 11.3. The molecule has 0 amide bonds. The van der Waals surface area contributed by atoms with Crippen LogP contribution in [-0.4, -0.2) is 19.0 Å². The van der Waals surface area contributed by atoms with Gasteiger partial charge in [0.15, 0.2) is 0 Å². The molecule has 0 heterocycles. The normalized spacial score (nSPS) is 9.76. The fourth-order valence-corrected chi connectivity index (χ4v) is 1.20. The van der Waals surface area contributed by atoms with Crippen molar-refractivity contribution in [3.63, 3.8) is 0 Å². The van der Waals surface area contributed by atoms with Gasteiger partial charge in [-0.15, -0.1) is 0 Å². The van der Waals surface area contributed by atoms with Crippen molar-refractivity contribution in [1.82, 2.24) is 0 Å². The summed E-state index contributed by atoms with van der Waals surface area (Å²) in [5.74, 6) is -0.381. The van der Waals surface area contributed by atoms with Crippen molar-refractivity contribution in [3.8, 4) is 5.75 Å². The van der Waals surface area contributed by atoms with Crippen LogP contribution < -0.4 is 4.74 Å². The predicted molar refractivity (Wildman–Crippen MR) is 62.6 cm³/mol. The van der Waals surface area contributed by atoms with E-state index in [2.05, 4.69) is 4.74 Å². The maximum Gasteiger partial charge on any atom is 0.337 e. The molecule has 0 bridgehead atoms.